The molecule has 0 aliphatic carbocycles. The van der Waals surface area contributed by atoms with Crippen molar-refractivity contribution >= 4 is 33.8 Å². The Bertz CT molecular complexity index is 1000. The molecule has 0 N–H and O–H groups in total. The molecule has 4 heteroatoms. The zero-order valence-electron chi connectivity index (χ0n) is 14.1. The number of thiophene rings is 1. The van der Waals surface area contributed by atoms with Gasteiger partial charge in [0.05, 0.1) is 0 Å². The number of rotatable bonds is 5. The molecule has 4 aromatic rings. The molecule has 0 saturated carbocycles. The van der Waals surface area contributed by atoms with E-state index in [1.54, 1.807) is 11.3 Å². The summed E-state index contributed by atoms with van der Waals surface area (Å²) in [5.41, 5.74) is 5.92. The van der Waals surface area contributed by atoms with Crippen molar-refractivity contribution in [3.63, 3.8) is 0 Å². The van der Waals surface area contributed by atoms with Crippen LogP contribution in [-0.4, -0.2) is 9.55 Å². The summed E-state index contributed by atoms with van der Waals surface area (Å²) >= 11 is 7.99. The molecule has 0 radical (unpaired) electrons. The van der Waals surface area contributed by atoms with Gasteiger partial charge in [-0.15, -0.1) is 0 Å². The largest absolute Gasteiger partial charge is 0.347 e. The lowest BCUT2D eigenvalue weighted by atomic mass is 10.0. The van der Waals surface area contributed by atoms with Gasteiger partial charge in [0, 0.05) is 57.8 Å². The van der Waals surface area contributed by atoms with E-state index in [-0.39, 0.29) is 0 Å². The molecule has 1 aromatic carbocycles. The summed E-state index contributed by atoms with van der Waals surface area (Å²) in [4.78, 5) is 4.48. The van der Waals surface area contributed by atoms with E-state index >= 15 is 0 Å². The Morgan fingerprint density at radius 2 is 1.96 bits per heavy atom. The lowest BCUT2D eigenvalue weighted by molar-refractivity contribution is 0.650. The van der Waals surface area contributed by atoms with Gasteiger partial charge in [0.15, 0.2) is 0 Å². The van der Waals surface area contributed by atoms with E-state index in [2.05, 4.69) is 57.7 Å². The van der Waals surface area contributed by atoms with Crippen LogP contribution in [0.1, 0.15) is 19.8 Å². The number of benzene rings is 1. The topological polar surface area (TPSA) is 17.8 Å². The molecule has 2 nitrogen and oxygen atoms in total. The van der Waals surface area contributed by atoms with Crippen molar-refractivity contribution < 1.29 is 0 Å². The van der Waals surface area contributed by atoms with Crippen LogP contribution in [0.3, 0.4) is 0 Å². The van der Waals surface area contributed by atoms with E-state index in [1.807, 2.05) is 18.5 Å². The van der Waals surface area contributed by atoms with Gasteiger partial charge in [0.1, 0.15) is 0 Å². The number of nitrogens with zero attached hydrogens (tertiary/aromatic N) is 2. The van der Waals surface area contributed by atoms with Crippen LogP contribution in [0.15, 0.2) is 59.7 Å². The third-order valence-corrected chi connectivity index (χ3v) is 5.42. The van der Waals surface area contributed by atoms with Crippen molar-refractivity contribution in [3.8, 4) is 22.3 Å². The van der Waals surface area contributed by atoms with E-state index in [0.29, 0.717) is 0 Å². The smallest absolute Gasteiger partial charge is 0.0487 e. The van der Waals surface area contributed by atoms with Crippen LogP contribution in [0, 0.1) is 0 Å². The van der Waals surface area contributed by atoms with Crippen LogP contribution in [0.5, 0.6) is 0 Å². The maximum absolute atomic E-state index is 6.28. The highest BCUT2D eigenvalue weighted by Crippen LogP contribution is 2.34. The molecule has 0 spiro atoms. The van der Waals surface area contributed by atoms with E-state index in [4.69, 9.17) is 11.6 Å². The Balaban J connectivity index is 1.86. The van der Waals surface area contributed by atoms with Gasteiger partial charge in [0.25, 0.3) is 0 Å². The second kappa shape index (κ2) is 7.03. The summed E-state index contributed by atoms with van der Waals surface area (Å²) in [5, 5.41) is 6.21. The van der Waals surface area contributed by atoms with E-state index in [1.165, 1.54) is 34.9 Å². The average Bonchev–Trinajstić information content (AvgIpc) is 3.28. The van der Waals surface area contributed by atoms with Crippen LogP contribution in [0.4, 0.5) is 0 Å². The fraction of sp³-hybridized carbons (Fsp3) is 0.190. The molecule has 0 unspecified atom stereocenters. The Kier molecular flexibility index (Phi) is 4.60. The molecule has 126 valence electrons. The minimum atomic E-state index is 0.768. The first-order valence-corrected chi connectivity index (χ1v) is 9.84. The SMILES string of the molecule is CCCCn1cc(-c2cncc(-c3ccsc3)c2)c2cc(Cl)ccc21. The zero-order chi connectivity index (χ0) is 17.2. The Morgan fingerprint density at radius 3 is 2.76 bits per heavy atom. The average molecular weight is 367 g/mol. The van der Waals surface area contributed by atoms with Crippen molar-refractivity contribution in [2.75, 3.05) is 0 Å². The first-order valence-electron chi connectivity index (χ1n) is 8.52. The first kappa shape index (κ1) is 16.4. The molecular weight excluding hydrogens is 348 g/mol. The lowest BCUT2D eigenvalue weighted by Gasteiger charge is -2.03. The van der Waals surface area contributed by atoms with Crippen molar-refractivity contribution in [1.82, 2.24) is 9.55 Å². The molecule has 0 saturated heterocycles. The number of halogens is 1. The first-order chi connectivity index (χ1) is 12.3. The predicted octanol–water partition coefficient (Wildman–Crippen LogP) is 6.89. The standard InChI is InChI=1S/C21H19ClN2S/c1-2-3-7-24-13-20(19-10-18(22)4-5-21(19)24)17-9-16(11-23-12-17)15-6-8-25-14-15/h4-6,8-14H,2-3,7H2,1H3. The summed E-state index contributed by atoms with van der Waals surface area (Å²) in [6, 6.07) is 10.5. The summed E-state index contributed by atoms with van der Waals surface area (Å²) < 4.78 is 2.34. The maximum Gasteiger partial charge on any atom is 0.0487 e. The molecule has 0 fully saturated rings. The fourth-order valence-corrected chi connectivity index (χ4v) is 4.02. The maximum atomic E-state index is 6.28. The third kappa shape index (κ3) is 3.22. The molecule has 4 rings (SSSR count). The number of hydrogen-bond donors (Lipinski definition) is 0. The Labute approximate surface area is 156 Å². The number of unbranched alkanes of at least 4 members (excludes halogenated alkanes) is 1. The highest BCUT2D eigenvalue weighted by Gasteiger charge is 2.12. The number of fused-ring (bicyclic) bond motifs is 1. The van der Waals surface area contributed by atoms with E-state index in [0.717, 1.165) is 22.7 Å². The van der Waals surface area contributed by atoms with E-state index < -0.39 is 0 Å². The minimum absolute atomic E-state index is 0.768. The molecule has 0 amide bonds. The summed E-state index contributed by atoms with van der Waals surface area (Å²) in [5.74, 6) is 0. The number of hydrogen-bond acceptors (Lipinski definition) is 2. The lowest BCUT2D eigenvalue weighted by Crippen LogP contribution is -1.94. The Hall–Kier alpha value is -2.10. The summed E-state index contributed by atoms with van der Waals surface area (Å²) in [7, 11) is 0. The summed E-state index contributed by atoms with van der Waals surface area (Å²) in [6.45, 7) is 3.24. The highest BCUT2D eigenvalue weighted by atomic mass is 35.5. The monoisotopic (exact) mass is 366 g/mol. The van der Waals surface area contributed by atoms with Crippen molar-refractivity contribution in [2.24, 2.45) is 0 Å². The molecule has 0 atom stereocenters. The molecular formula is C21H19ClN2S. The second-order valence-corrected chi connectivity index (χ2v) is 7.44. The fourth-order valence-electron chi connectivity index (χ4n) is 3.19. The van der Waals surface area contributed by atoms with Crippen molar-refractivity contribution in [3.05, 3.63) is 64.7 Å². The number of aromatic nitrogens is 2. The van der Waals surface area contributed by atoms with Gasteiger partial charge in [-0.25, -0.2) is 0 Å². The zero-order valence-corrected chi connectivity index (χ0v) is 15.6. The molecule has 0 aliphatic heterocycles. The van der Waals surface area contributed by atoms with Gasteiger partial charge in [-0.2, -0.15) is 11.3 Å². The molecule has 3 aromatic heterocycles. The van der Waals surface area contributed by atoms with Crippen molar-refractivity contribution in [2.45, 2.75) is 26.3 Å². The van der Waals surface area contributed by atoms with Gasteiger partial charge >= 0.3 is 0 Å². The van der Waals surface area contributed by atoms with Crippen LogP contribution in [-0.2, 0) is 6.54 Å². The third-order valence-electron chi connectivity index (χ3n) is 4.50. The van der Waals surface area contributed by atoms with Gasteiger partial charge in [-0.3, -0.25) is 4.98 Å². The minimum Gasteiger partial charge on any atom is -0.347 e. The molecule has 25 heavy (non-hydrogen) atoms. The molecule has 0 aliphatic rings. The normalized spacial score (nSPS) is 11.3. The van der Waals surface area contributed by atoms with Gasteiger partial charge in [-0.05, 0) is 53.1 Å². The van der Waals surface area contributed by atoms with Gasteiger partial charge in [0.2, 0.25) is 0 Å². The molecule has 3 heterocycles. The summed E-state index contributed by atoms with van der Waals surface area (Å²) in [6.07, 6.45) is 8.45. The molecule has 0 bridgehead atoms. The van der Waals surface area contributed by atoms with Crippen molar-refractivity contribution in [1.29, 1.82) is 0 Å². The van der Waals surface area contributed by atoms with E-state index in [9.17, 15) is 0 Å². The Morgan fingerprint density at radius 1 is 1.08 bits per heavy atom. The van der Waals surface area contributed by atoms with Gasteiger partial charge in [-0.1, -0.05) is 24.9 Å². The quantitative estimate of drug-likeness (QED) is 0.376. The highest BCUT2D eigenvalue weighted by molar-refractivity contribution is 7.08. The van der Waals surface area contributed by atoms with Crippen LogP contribution < -0.4 is 0 Å². The van der Waals surface area contributed by atoms with Crippen LogP contribution in [0.2, 0.25) is 5.02 Å². The van der Waals surface area contributed by atoms with Crippen LogP contribution >= 0.6 is 22.9 Å². The van der Waals surface area contributed by atoms with Crippen LogP contribution in [0.25, 0.3) is 33.2 Å². The number of pyridine rings is 1. The second-order valence-electron chi connectivity index (χ2n) is 6.23. The van der Waals surface area contributed by atoms with Gasteiger partial charge < -0.3 is 4.57 Å². The predicted molar refractivity (Wildman–Crippen MR) is 108 cm³/mol. The number of aryl methyl sites for hydroxylation is 1.